The van der Waals surface area contributed by atoms with Gasteiger partial charge in [0.25, 0.3) is 7.52 Å². The maximum atomic E-state index is 13.0. The number of halogens is 3. The van der Waals surface area contributed by atoms with Gasteiger partial charge in [-0.2, -0.15) is 13.8 Å². The molecule has 0 aliphatic heterocycles. The summed E-state index contributed by atoms with van der Waals surface area (Å²) >= 11 is 4.85. The van der Waals surface area contributed by atoms with Crippen LogP contribution in [0.4, 0.5) is 8.78 Å². The number of hydrogen-bond acceptors (Lipinski definition) is 6. The molecule has 0 bridgehead atoms. The number of pyridine rings is 1. The SMILES string of the molecule is CCOP(=O)(Cc1ccc(-c2noc(C(F)(F)Cl)n2)cn1)NCC(C)(C)C. The zero-order valence-electron chi connectivity index (χ0n) is 15.5. The third kappa shape index (κ3) is 6.60. The first-order valence-electron chi connectivity index (χ1n) is 8.27. The summed E-state index contributed by atoms with van der Waals surface area (Å²) in [5, 5.41) is 2.73. The summed E-state index contributed by atoms with van der Waals surface area (Å²) in [6.07, 6.45) is 1.48. The van der Waals surface area contributed by atoms with Gasteiger partial charge in [0.15, 0.2) is 0 Å². The molecule has 0 radical (unpaired) electrons. The Labute approximate surface area is 161 Å². The van der Waals surface area contributed by atoms with Crippen LogP contribution >= 0.6 is 19.1 Å². The number of hydrogen-bond donors (Lipinski definition) is 1. The normalized spacial score (nSPS) is 14.9. The summed E-state index contributed by atoms with van der Waals surface area (Å²) in [6, 6.07) is 3.18. The van der Waals surface area contributed by atoms with Gasteiger partial charge < -0.3 is 9.05 Å². The quantitative estimate of drug-likeness (QED) is 0.483. The van der Waals surface area contributed by atoms with Gasteiger partial charge in [0.2, 0.25) is 5.82 Å². The van der Waals surface area contributed by atoms with Gasteiger partial charge in [-0.3, -0.25) is 9.55 Å². The molecule has 0 aromatic carbocycles. The van der Waals surface area contributed by atoms with Crippen molar-refractivity contribution in [1.82, 2.24) is 20.2 Å². The molecule has 0 saturated carbocycles. The summed E-state index contributed by atoms with van der Waals surface area (Å²) < 4.78 is 48.8. The van der Waals surface area contributed by atoms with Crippen LogP contribution in [0, 0.1) is 5.41 Å². The first kappa shape index (κ1) is 21.9. The van der Waals surface area contributed by atoms with Crippen LogP contribution < -0.4 is 5.09 Å². The van der Waals surface area contributed by atoms with E-state index in [2.05, 4.69) is 24.7 Å². The first-order valence-corrected chi connectivity index (χ1v) is 10.5. The van der Waals surface area contributed by atoms with E-state index in [9.17, 15) is 13.3 Å². The summed E-state index contributed by atoms with van der Waals surface area (Å²) in [4.78, 5) is 7.75. The maximum Gasteiger partial charge on any atom is 0.400 e. The number of rotatable bonds is 8. The molecule has 150 valence electrons. The lowest BCUT2D eigenvalue weighted by Crippen LogP contribution is -2.26. The lowest BCUT2D eigenvalue weighted by atomic mass is 9.98. The molecule has 2 heterocycles. The van der Waals surface area contributed by atoms with Crippen molar-refractivity contribution in [2.45, 2.75) is 39.2 Å². The summed E-state index contributed by atoms with van der Waals surface area (Å²) in [5.41, 5.74) is 0.817. The molecule has 0 amide bonds. The van der Waals surface area contributed by atoms with Gasteiger partial charge in [-0.1, -0.05) is 25.9 Å². The van der Waals surface area contributed by atoms with E-state index in [1.807, 2.05) is 20.8 Å². The molecule has 2 rings (SSSR count). The Bertz CT molecular complexity index is 803. The fraction of sp³-hybridized carbons (Fsp3) is 0.562. The molecule has 0 aliphatic carbocycles. The van der Waals surface area contributed by atoms with Gasteiger partial charge in [-0.15, -0.1) is 0 Å². The van der Waals surface area contributed by atoms with Gasteiger partial charge in [0.1, 0.15) is 0 Å². The highest BCUT2D eigenvalue weighted by molar-refractivity contribution is 7.56. The third-order valence-electron chi connectivity index (χ3n) is 3.31. The van der Waals surface area contributed by atoms with E-state index in [1.165, 1.54) is 6.20 Å². The predicted octanol–water partition coefficient (Wildman–Crippen LogP) is 4.79. The maximum absolute atomic E-state index is 13.0. The van der Waals surface area contributed by atoms with Crippen molar-refractivity contribution in [3.05, 3.63) is 29.9 Å². The molecule has 27 heavy (non-hydrogen) atoms. The van der Waals surface area contributed by atoms with Crippen LogP contribution in [0.1, 0.15) is 39.3 Å². The zero-order chi connectivity index (χ0) is 20.3. The van der Waals surface area contributed by atoms with E-state index in [1.54, 1.807) is 19.1 Å². The Balaban J connectivity index is 2.13. The molecule has 0 fully saturated rings. The topological polar surface area (TPSA) is 90.1 Å². The van der Waals surface area contributed by atoms with E-state index in [0.717, 1.165) is 0 Å². The molecular weight excluding hydrogens is 401 g/mol. The molecule has 2 aromatic rings. The average molecular weight is 423 g/mol. The molecule has 1 N–H and O–H groups in total. The third-order valence-corrected chi connectivity index (χ3v) is 5.53. The van der Waals surface area contributed by atoms with Crippen molar-refractivity contribution in [3.8, 4) is 11.4 Å². The van der Waals surface area contributed by atoms with Crippen molar-refractivity contribution in [2.75, 3.05) is 13.2 Å². The number of aromatic nitrogens is 3. The second-order valence-electron chi connectivity index (χ2n) is 7.10. The van der Waals surface area contributed by atoms with Crippen LogP contribution in [0.2, 0.25) is 0 Å². The predicted molar refractivity (Wildman–Crippen MR) is 97.7 cm³/mol. The van der Waals surface area contributed by atoms with Crippen LogP contribution in [0.25, 0.3) is 11.4 Å². The molecule has 11 heteroatoms. The van der Waals surface area contributed by atoms with Gasteiger partial charge >= 0.3 is 11.3 Å². The Hall–Kier alpha value is -1.41. The molecule has 7 nitrogen and oxygen atoms in total. The standard InChI is InChI=1S/C16H22ClF2N4O3P/c1-5-25-27(24,21-10-15(2,3)4)9-12-7-6-11(8-20-12)13-22-14(26-23-13)16(17,18)19/h6-8H,5,9-10H2,1-4H3,(H,21,24). The van der Waals surface area contributed by atoms with Gasteiger partial charge in [0.05, 0.1) is 18.5 Å². The Morgan fingerprint density at radius 2 is 2.04 bits per heavy atom. The van der Waals surface area contributed by atoms with Crippen molar-refractivity contribution >= 4 is 19.1 Å². The Kier molecular flexibility index (Phi) is 6.73. The highest BCUT2D eigenvalue weighted by Gasteiger charge is 2.35. The lowest BCUT2D eigenvalue weighted by Gasteiger charge is -2.24. The second-order valence-corrected chi connectivity index (χ2v) is 9.82. The van der Waals surface area contributed by atoms with Crippen molar-refractivity contribution in [2.24, 2.45) is 5.41 Å². The Morgan fingerprint density at radius 3 is 2.52 bits per heavy atom. The van der Waals surface area contributed by atoms with Crippen molar-refractivity contribution < 1.29 is 22.4 Å². The largest absolute Gasteiger partial charge is 0.400 e. The van der Waals surface area contributed by atoms with E-state index in [4.69, 9.17) is 16.1 Å². The summed E-state index contributed by atoms with van der Waals surface area (Å²) in [5.74, 6) is -1.06. The minimum Gasteiger partial charge on any atom is -0.331 e. The minimum atomic E-state index is -3.73. The zero-order valence-corrected chi connectivity index (χ0v) is 17.2. The van der Waals surface area contributed by atoms with Crippen LogP contribution in [-0.2, 0) is 20.6 Å². The average Bonchev–Trinajstić information content (AvgIpc) is 3.04. The molecule has 0 saturated heterocycles. The molecule has 2 aromatic heterocycles. The van der Waals surface area contributed by atoms with E-state index < -0.39 is 18.8 Å². The number of nitrogens with zero attached hydrogens (tertiary/aromatic N) is 3. The molecule has 1 unspecified atom stereocenters. The minimum absolute atomic E-state index is 0.0646. The first-order chi connectivity index (χ1) is 12.4. The monoisotopic (exact) mass is 422 g/mol. The number of nitrogens with one attached hydrogen (secondary N) is 1. The Morgan fingerprint density at radius 1 is 1.33 bits per heavy atom. The number of alkyl halides is 3. The van der Waals surface area contributed by atoms with Crippen LogP contribution in [0.15, 0.2) is 22.9 Å². The van der Waals surface area contributed by atoms with E-state index >= 15 is 0 Å². The molecular formula is C16H22ClF2N4O3P. The van der Waals surface area contributed by atoms with Gasteiger partial charge in [0, 0.05) is 18.3 Å². The summed E-state index contributed by atoms with van der Waals surface area (Å²) in [7, 11) is -3.12. The van der Waals surface area contributed by atoms with Crippen LogP contribution in [0.5, 0.6) is 0 Å². The smallest absolute Gasteiger partial charge is 0.331 e. The molecule has 0 aliphatic rings. The van der Waals surface area contributed by atoms with E-state index in [-0.39, 0.29) is 17.4 Å². The van der Waals surface area contributed by atoms with Crippen molar-refractivity contribution in [1.29, 1.82) is 0 Å². The molecule has 0 spiro atoms. The van der Waals surface area contributed by atoms with Crippen LogP contribution in [0.3, 0.4) is 0 Å². The molecule has 1 atom stereocenters. The fourth-order valence-corrected chi connectivity index (χ4v) is 4.15. The van der Waals surface area contributed by atoms with E-state index in [0.29, 0.717) is 24.4 Å². The fourth-order valence-electron chi connectivity index (χ4n) is 2.03. The van der Waals surface area contributed by atoms with Gasteiger partial charge in [-0.05, 0) is 36.1 Å². The van der Waals surface area contributed by atoms with Crippen molar-refractivity contribution in [3.63, 3.8) is 0 Å². The van der Waals surface area contributed by atoms with Crippen LogP contribution in [-0.4, -0.2) is 28.3 Å². The lowest BCUT2D eigenvalue weighted by molar-refractivity contribution is 0.0551. The van der Waals surface area contributed by atoms with Gasteiger partial charge in [-0.25, -0.2) is 5.09 Å². The highest BCUT2D eigenvalue weighted by atomic mass is 35.5. The second kappa shape index (κ2) is 8.31. The summed E-state index contributed by atoms with van der Waals surface area (Å²) in [6.45, 7) is 8.64. The highest BCUT2D eigenvalue weighted by Crippen LogP contribution is 2.46.